The Balaban J connectivity index is 1.89. The van der Waals surface area contributed by atoms with Crippen LogP contribution >= 0.6 is 24.0 Å². The number of carbonyl (C=O) groups excluding carboxylic acids is 3. The average molecular weight is 516 g/mol. The van der Waals surface area contributed by atoms with Crippen molar-refractivity contribution >= 4 is 63.6 Å². The molecule has 0 bridgehead atoms. The SMILES string of the molecule is CC[C@H](C)N1C(=O)/C(=C/c2c(N3CCNC(=O)[C@@H]3CC(=O)OC)nc3ccccn3c2=O)SC1=S. The largest absolute Gasteiger partial charge is 0.469 e. The molecule has 0 unspecified atom stereocenters. The van der Waals surface area contributed by atoms with Gasteiger partial charge in [0, 0.05) is 25.3 Å². The molecule has 0 aromatic carbocycles. The maximum absolute atomic E-state index is 13.6. The number of nitrogens with zero attached hydrogens (tertiary/aromatic N) is 4. The summed E-state index contributed by atoms with van der Waals surface area (Å²) in [5.41, 5.74) is 0.115. The highest BCUT2D eigenvalue weighted by molar-refractivity contribution is 8.26. The molecule has 4 rings (SSSR count). The molecule has 2 aromatic rings. The summed E-state index contributed by atoms with van der Waals surface area (Å²) in [5, 5.41) is 2.75. The van der Waals surface area contributed by atoms with Gasteiger partial charge >= 0.3 is 5.97 Å². The van der Waals surface area contributed by atoms with Gasteiger partial charge in [0.1, 0.15) is 21.8 Å². The van der Waals surface area contributed by atoms with Gasteiger partial charge in [0.25, 0.3) is 11.5 Å². The van der Waals surface area contributed by atoms with Gasteiger partial charge in [-0.25, -0.2) is 4.98 Å². The van der Waals surface area contributed by atoms with E-state index >= 15 is 0 Å². The number of rotatable bonds is 6. The first kappa shape index (κ1) is 24.9. The Labute approximate surface area is 211 Å². The van der Waals surface area contributed by atoms with Gasteiger partial charge in [-0.05, 0) is 31.6 Å². The summed E-state index contributed by atoms with van der Waals surface area (Å²) in [7, 11) is 1.25. The molecule has 0 spiro atoms. The minimum atomic E-state index is -0.920. The van der Waals surface area contributed by atoms with Crippen LogP contribution in [0.3, 0.4) is 0 Å². The van der Waals surface area contributed by atoms with Gasteiger partial charge in [0.15, 0.2) is 0 Å². The van der Waals surface area contributed by atoms with E-state index in [1.165, 1.54) is 17.6 Å². The number of amides is 2. The van der Waals surface area contributed by atoms with E-state index < -0.39 is 17.6 Å². The minimum Gasteiger partial charge on any atom is -0.469 e. The van der Waals surface area contributed by atoms with E-state index in [2.05, 4.69) is 10.3 Å². The molecule has 0 saturated carbocycles. The van der Waals surface area contributed by atoms with Crippen LogP contribution < -0.4 is 15.8 Å². The van der Waals surface area contributed by atoms with Gasteiger partial charge in [0.2, 0.25) is 5.91 Å². The Bertz CT molecular complexity index is 1310. The number of aromatic nitrogens is 2. The van der Waals surface area contributed by atoms with Gasteiger partial charge in [-0.2, -0.15) is 0 Å². The number of thiocarbonyl (C=S) groups is 1. The number of fused-ring (bicyclic) bond motifs is 1. The molecule has 4 heterocycles. The molecular weight excluding hydrogens is 490 g/mol. The monoisotopic (exact) mass is 515 g/mol. The fraction of sp³-hybridized carbons (Fsp3) is 0.391. The zero-order valence-electron chi connectivity index (χ0n) is 19.5. The van der Waals surface area contributed by atoms with Crippen LogP contribution in [0.5, 0.6) is 0 Å². The summed E-state index contributed by atoms with van der Waals surface area (Å²) < 4.78 is 6.58. The quantitative estimate of drug-likeness (QED) is 0.348. The Morgan fingerprint density at radius 3 is 2.86 bits per heavy atom. The summed E-state index contributed by atoms with van der Waals surface area (Å²) in [6.07, 6.45) is 3.59. The summed E-state index contributed by atoms with van der Waals surface area (Å²) in [6, 6.07) is 4.12. The van der Waals surface area contributed by atoms with Crippen molar-refractivity contribution in [3.05, 3.63) is 45.2 Å². The van der Waals surface area contributed by atoms with Crippen LogP contribution in [0.2, 0.25) is 0 Å². The zero-order valence-corrected chi connectivity index (χ0v) is 21.1. The molecule has 0 aliphatic carbocycles. The first-order chi connectivity index (χ1) is 16.8. The highest BCUT2D eigenvalue weighted by atomic mass is 32.2. The number of nitrogens with one attached hydrogen (secondary N) is 1. The zero-order chi connectivity index (χ0) is 25.3. The number of esters is 1. The summed E-state index contributed by atoms with van der Waals surface area (Å²) in [4.78, 5) is 59.7. The van der Waals surface area contributed by atoms with Crippen molar-refractivity contribution in [2.45, 2.75) is 38.8 Å². The van der Waals surface area contributed by atoms with Gasteiger partial charge in [-0.1, -0.05) is 37.0 Å². The third kappa shape index (κ3) is 4.67. The lowest BCUT2D eigenvalue weighted by Gasteiger charge is -2.36. The maximum atomic E-state index is 13.6. The van der Waals surface area contributed by atoms with Crippen LogP contribution in [0, 0.1) is 0 Å². The van der Waals surface area contributed by atoms with Gasteiger partial charge in [-0.3, -0.25) is 28.5 Å². The Kier molecular flexibility index (Phi) is 7.22. The van der Waals surface area contributed by atoms with E-state index in [4.69, 9.17) is 17.0 Å². The van der Waals surface area contributed by atoms with Crippen molar-refractivity contribution in [2.24, 2.45) is 0 Å². The molecule has 2 fully saturated rings. The van der Waals surface area contributed by atoms with Crippen molar-refractivity contribution in [1.82, 2.24) is 19.6 Å². The lowest BCUT2D eigenvalue weighted by Crippen LogP contribution is -2.57. The molecule has 2 atom stereocenters. The molecular formula is C23H25N5O5S2. The fourth-order valence-electron chi connectivity index (χ4n) is 4.02. The number of piperazine rings is 1. The number of anilines is 1. The van der Waals surface area contributed by atoms with Crippen LogP contribution in [0.4, 0.5) is 5.82 Å². The Hall–Kier alpha value is -3.25. The smallest absolute Gasteiger partial charge is 0.308 e. The number of hydrogen-bond donors (Lipinski definition) is 1. The molecule has 184 valence electrons. The summed E-state index contributed by atoms with van der Waals surface area (Å²) >= 11 is 6.56. The maximum Gasteiger partial charge on any atom is 0.308 e. The van der Waals surface area contributed by atoms with E-state index in [-0.39, 0.29) is 35.7 Å². The highest BCUT2D eigenvalue weighted by Crippen LogP contribution is 2.35. The third-order valence-electron chi connectivity index (χ3n) is 6.07. The lowest BCUT2D eigenvalue weighted by atomic mass is 10.1. The van der Waals surface area contributed by atoms with E-state index in [9.17, 15) is 19.2 Å². The second-order valence-corrected chi connectivity index (χ2v) is 9.85. The van der Waals surface area contributed by atoms with Gasteiger partial charge in [0.05, 0.1) is 24.0 Å². The second kappa shape index (κ2) is 10.2. The molecule has 12 heteroatoms. The van der Waals surface area contributed by atoms with Gasteiger partial charge in [-0.15, -0.1) is 0 Å². The number of hydrogen-bond acceptors (Lipinski definition) is 9. The Morgan fingerprint density at radius 1 is 1.37 bits per heavy atom. The normalized spacial score (nSPS) is 20.5. The number of ether oxygens (including phenoxy) is 1. The fourth-order valence-corrected chi connectivity index (χ4v) is 5.47. The van der Waals surface area contributed by atoms with Crippen molar-refractivity contribution in [2.75, 3.05) is 25.1 Å². The molecule has 10 nitrogen and oxygen atoms in total. The number of methoxy groups -OCH3 is 1. The van der Waals surface area contributed by atoms with Crippen LogP contribution in [-0.2, 0) is 19.1 Å². The molecule has 0 radical (unpaired) electrons. The number of carbonyl (C=O) groups is 3. The predicted octanol–water partition coefficient (Wildman–Crippen LogP) is 1.56. The van der Waals surface area contributed by atoms with Crippen LogP contribution in [0.1, 0.15) is 32.3 Å². The molecule has 2 saturated heterocycles. The highest BCUT2D eigenvalue weighted by Gasteiger charge is 2.37. The molecule has 35 heavy (non-hydrogen) atoms. The molecule has 2 aliphatic rings. The minimum absolute atomic E-state index is 0.0843. The van der Waals surface area contributed by atoms with E-state index in [1.807, 2.05) is 13.8 Å². The van der Waals surface area contributed by atoms with Crippen LogP contribution in [-0.4, -0.2) is 68.7 Å². The first-order valence-electron chi connectivity index (χ1n) is 11.2. The molecule has 2 aliphatic heterocycles. The summed E-state index contributed by atoms with van der Waals surface area (Å²) in [6.45, 7) is 4.50. The average Bonchev–Trinajstić information content (AvgIpc) is 3.14. The Morgan fingerprint density at radius 2 is 2.14 bits per heavy atom. The van der Waals surface area contributed by atoms with Crippen LogP contribution in [0.15, 0.2) is 34.1 Å². The lowest BCUT2D eigenvalue weighted by molar-refractivity contribution is -0.143. The number of pyridine rings is 1. The molecule has 2 aromatic heterocycles. The van der Waals surface area contributed by atoms with Crippen molar-refractivity contribution in [3.8, 4) is 0 Å². The predicted molar refractivity (Wildman–Crippen MR) is 137 cm³/mol. The van der Waals surface area contributed by atoms with Crippen molar-refractivity contribution in [1.29, 1.82) is 0 Å². The van der Waals surface area contributed by atoms with Crippen LogP contribution in [0.25, 0.3) is 11.7 Å². The van der Waals surface area contributed by atoms with Gasteiger partial charge < -0.3 is 15.0 Å². The van der Waals surface area contributed by atoms with Crippen molar-refractivity contribution in [3.63, 3.8) is 0 Å². The topological polar surface area (TPSA) is 113 Å². The number of thioether (sulfide) groups is 1. The molecule has 2 amide bonds. The standard InChI is InChI=1S/C23H25N5O5S2/c1-4-13(2)28-22(32)16(35-23(28)34)11-14-19(25-17-7-5-6-9-27(17)21(14)31)26-10-8-24-20(30)15(26)12-18(29)33-3/h5-7,9,11,13,15H,4,8,10,12H2,1-3H3,(H,24,30)/b16-11-/t13-,15-/m0/s1. The van der Waals surface area contributed by atoms with E-state index in [0.717, 1.165) is 18.2 Å². The first-order valence-corrected chi connectivity index (χ1v) is 12.4. The van der Waals surface area contributed by atoms with Crippen molar-refractivity contribution < 1.29 is 19.1 Å². The van der Waals surface area contributed by atoms with E-state index in [1.54, 1.807) is 34.2 Å². The second-order valence-electron chi connectivity index (χ2n) is 8.17. The summed E-state index contributed by atoms with van der Waals surface area (Å²) in [5.74, 6) is -0.990. The molecule has 1 N–H and O–H groups in total. The van der Waals surface area contributed by atoms with E-state index in [0.29, 0.717) is 28.0 Å². The third-order valence-corrected chi connectivity index (χ3v) is 7.40.